The van der Waals surface area contributed by atoms with Crippen molar-refractivity contribution in [3.8, 4) is 0 Å². The summed E-state index contributed by atoms with van der Waals surface area (Å²) < 4.78 is 29.6. The van der Waals surface area contributed by atoms with Crippen LogP contribution in [0.3, 0.4) is 0 Å². The number of rotatable bonds is 5. The fourth-order valence-electron chi connectivity index (χ4n) is 1.58. The summed E-state index contributed by atoms with van der Waals surface area (Å²) in [7, 11) is -3.97. The van der Waals surface area contributed by atoms with E-state index in [1.165, 1.54) is 12.1 Å². The van der Waals surface area contributed by atoms with Gasteiger partial charge < -0.3 is 9.52 Å². The first-order valence-corrected chi connectivity index (χ1v) is 7.29. The van der Waals surface area contributed by atoms with Crippen molar-refractivity contribution in [3.05, 3.63) is 58.3 Å². The van der Waals surface area contributed by atoms with Crippen molar-refractivity contribution in [1.29, 1.82) is 0 Å². The smallest absolute Gasteiger partial charge is 0.328 e. The van der Waals surface area contributed by atoms with Gasteiger partial charge in [-0.3, -0.25) is 10.1 Å². The molecule has 2 aromatic rings. The van der Waals surface area contributed by atoms with Crippen molar-refractivity contribution in [1.82, 2.24) is 0 Å². The number of nitro benzene ring substituents is 1. The third-order valence-electron chi connectivity index (χ3n) is 2.62. The zero-order valence-corrected chi connectivity index (χ0v) is 11.7. The molecule has 0 atom stereocenters. The molecule has 0 aliphatic carbocycles. The molecule has 1 aromatic heterocycles. The minimum atomic E-state index is -3.97. The molecule has 0 unspecified atom stereocenters. The summed E-state index contributed by atoms with van der Waals surface area (Å²) in [5.41, 5.74) is -0.233. The normalized spacial score (nSPS) is 11.6. The Balaban J connectivity index is 2.34. The summed E-state index contributed by atoms with van der Waals surface area (Å²) in [6.45, 7) is 0. The van der Waals surface area contributed by atoms with Crippen LogP contribution in [0.4, 0.5) is 5.69 Å². The minimum absolute atomic E-state index is 0.0582. The number of sulfone groups is 1. The maximum absolute atomic E-state index is 12.3. The molecule has 0 aliphatic heterocycles. The Kier molecular flexibility index (Phi) is 4.08. The van der Waals surface area contributed by atoms with Crippen LogP contribution in [0.5, 0.6) is 0 Å². The quantitative estimate of drug-likeness (QED) is 0.507. The maximum Gasteiger partial charge on any atom is 0.328 e. The van der Waals surface area contributed by atoms with E-state index in [1.54, 1.807) is 0 Å². The highest BCUT2D eigenvalue weighted by atomic mass is 32.2. The van der Waals surface area contributed by atoms with Crippen molar-refractivity contribution in [2.75, 3.05) is 0 Å². The molecule has 0 fully saturated rings. The largest absolute Gasteiger partial charge is 0.478 e. The molecule has 0 saturated carbocycles. The van der Waals surface area contributed by atoms with Crippen LogP contribution in [0, 0.1) is 10.1 Å². The number of carboxylic acids is 1. The van der Waals surface area contributed by atoms with Crippen LogP contribution in [-0.4, -0.2) is 24.4 Å². The zero-order valence-electron chi connectivity index (χ0n) is 10.9. The molecular formula is C13H9NO7S. The number of benzene rings is 1. The lowest BCUT2D eigenvalue weighted by Gasteiger charge is -2.00. The van der Waals surface area contributed by atoms with Crippen molar-refractivity contribution >= 4 is 27.6 Å². The van der Waals surface area contributed by atoms with Gasteiger partial charge in [-0.15, -0.1) is 0 Å². The second kappa shape index (κ2) is 5.82. The molecule has 114 valence electrons. The monoisotopic (exact) mass is 323 g/mol. The molecule has 22 heavy (non-hydrogen) atoms. The Bertz CT molecular complexity index is 847. The van der Waals surface area contributed by atoms with Gasteiger partial charge in [-0.1, -0.05) is 0 Å². The van der Waals surface area contributed by atoms with Crippen LogP contribution in [0.15, 0.2) is 56.9 Å². The lowest BCUT2D eigenvalue weighted by Crippen LogP contribution is -2.00. The van der Waals surface area contributed by atoms with E-state index < -0.39 is 20.7 Å². The maximum atomic E-state index is 12.3. The first-order valence-electron chi connectivity index (χ1n) is 5.81. The number of aliphatic carboxylic acids is 1. The van der Waals surface area contributed by atoms with Gasteiger partial charge in [0, 0.05) is 18.2 Å². The number of hydrogen-bond acceptors (Lipinski definition) is 6. The van der Waals surface area contributed by atoms with Crippen molar-refractivity contribution in [2.24, 2.45) is 0 Å². The van der Waals surface area contributed by atoms with Gasteiger partial charge in [0.1, 0.15) is 5.76 Å². The van der Waals surface area contributed by atoms with E-state index in [0.717, 1.165) is 36.4 Å². The summed E-state index contributed by atoms with van der Waals surface area (Å²) in [5, 5.41) is 18.6. The number of nitrogens with zero attached hydrogens (tertiary/aromatic N) is 1. The molecule has 8 nitrogen and oxygen atoms in total. The fourth-order valence-corrected chi connectivity index (χ4v) is 2.76. The highest BCUT2D eigenvalue weighted by molar-refractivity contribution is 7.91. The SMILES string of the molecule is O=C(O)C=Cc1ccc(S(=O)(=O)c2ccc([N+](=O)[O-])cc2)o1. The van der Waals surface area contributed by atoms with Crippen molar-refractivity contribution < 1.29 is 27.7 Å². The zero-order chi connectivity index (χ0) is 16.3. The lowest BCUT2D eigenvalue weighted by atomic mass is 10.3. The number of carboxylic acid groups (broad SMARTS) is 1. The minimum Gasteiger partial charge on any atom is -0.478 e. The van der Waals surface area contributed by atoms with Crippen molar-refractivity contribution in [3.63, 3.8) is 0 Å². The second-order valence-corrected chi connectivity index (χ2v) is 5.96. The van der Waals surface area contributed by atoms with Gasteiger partial charge in [0.15, 0.2) is 0 Å². The van der Waals surface area contributed by atoms with Gasteiger partial charge >= 0.3 is 5.97 Å². The summed E-state index contributed by atoms with van der Waals surface area (Å²) in [6.07, 6.45) is 1.91. The van der Waals surface area contributed by atoms with Crippen LogP contribution in [0.25, 0.3) is 6.08 Å². The van der Waals surface area contributed by atoms with E-state index >= 15 is 0 Å². The Hall–Kier alpha value is -2.94. The molecule has 0 aliphatic rings. The average molecular weight is 323 g/mol. The van der Waals surface area contributed by atoms with Gasteiger partial charge in [-0.25, -0.2) is 13.2 Å². The molecule has 1 aromatic carbocycles. The Labute approximate surface area is 124 Å². The average Bonchev–Trinajstić information content (AvgIpc) is 2.95. The third kappa shape index (κ3) is 3.20. The topological polar surface area (TPSA) is 128 Å². The summed E-state index contributed by atoms with van der Waals surface area (Å²) in [4.78, 5) is 20.1. The van der Waals surface area contributed by atoms with E-state index in [1.807, 2.05) is 0 Å². The molecule has 0 saturated heterocycles. The van der Waals surface area contributed by atoms with Crippen LogP contribution >= 0.6 is 0 Å². The molecule has 0 spiro atoms. The van der Waals surface area contributed by atoms with Crippen LogP contribution in [0.1, 0.15) is 5.76 Å². The van der Waals surface area contributed by atoms with Crippen LogP contribution < -0.4 is 0 Å². The van der Waals surface area contributed by atoms with Gasteiger partial charge in [-0.05, 0) is 30.3 Å². The van der Waals surface area contributed by atoms with E-state index in [2.05, 4.69) is 0 Å². The molecule has 0 amide bonds. The molecular weight excluding hydrogens is 314 g/mol. The number of non-ortho nitro benzene ring substituents is 1. The van der Waals surface area contributed by atoms with E-state index in [4.69, 9.17) is 9.52 Å². The lowest BCUT2D eigenvalue weighted by molar-refractivity contribution is -0.384. The molecule has 0 radical (unpaired) electrons. The third-order valence-corrected chi connectivity index (χ3v) is 4.26. The standard InChI is InChI=1S/C13H9NO7S/c15-12(16)7-3-10-4-8-13(21-10)22(19,20)11-5-1-9(2-6-11)14(17)18/h1-8H,(H,15,16). The Morgan fingerprint density at radius 1 is 1.18 bits per heavy atom. The number of carbonyl (C=O) groups is 1. The van der Waals surface area contributed by atoms with Crippen LogP contribution in [0.2, 0.25) is 0 Å². The number of furan rings is 1. The molecule has 9 heteroatoms. The molecule has 1 heterocycles. The second-order valence-electron chi connectivity index (χ2n) is 4.08. The first kappa shape index (κ1) is 15.4. The molecule has 2 rings (SSSR count). The first-order chi connectivity index (χ1) is 10.3. The fraction of sp³-hybridized carbons (Fsp3) is 0. The predicted molar refractivity (Wildman–Crippen MR) is 73.9 cm³/mol. The van der Waals surface area contributed by atoms with E-state index in [0.29, 0.717) is 0 Å². The van der Waals surface area contributed by atoms with E-state index in [-0.39, 0.29) is 21.4 Å². The number of hydrogen-bond donors (Lipinski definition) is 1. The number of nitro groups is 1. The Morgan fingerprint density at radius 3 is 2.36 bits per heavy atom. The van der Waals surface area contributed by atoms with E-state index in [9.17, 15) is 23.3 Å². The molecule has 1 N–H and O–H groups in total. The highest BCUT2D eigenvalue weighted by Crippen LogP contribution is 2.25. The molecule has 0 bridgehead atoms. The summed E-state index contributed by atoms with van der Waals surface area (Å²) in [6, 6.07) is 6.82. The van der Waals surface area contributed by atoms with Crippen molar-refractivity contribution in [2.45, 2.75) is 9.99 Å². The summed E-state index contributed by atoms with van der Waals surface area (Å²) >= 11 is 0. The van der Waals surface area contributed by atoms with Gasteiger partial charge in [-0.2, -0.15) is 0 Å². The highest BCUT2D eigenvalue weighted by Gasteiger charge is 2.22. The van der Waals surface area contributed by atoms with Gasteiger partial charge in [0.2, 0.25) is 14.9 Å². The van der Waals surface area contributed by atoms with Gasteiger partial charge in [0.25, 0.3) is 5.69 Å². The van der Waals surface area contributed by atoms with Gasteiger partial charge in [0.05, 0.1) is 9.82 Å². The Morgan fingerprint density at radius 2 is 1.82 bits per heavy atom. The summed E-state index contributed by atoms with van der Waals surface area (Å²) in [5.74, 6) is -1.14. The predicted octanol–water partition coefficient (Wildman–Crippen LogP) is 2.12. The van der Waals surface area contributed by atoms with Crippen LogP contribution in [-0.2, 0) is 14.6 Å².